The van der Waals surface area contributed by atoms with Gasteiger partial charge in [0.25, 0.3) is 0 Å². The van der Waals surface area contributed by atoms with Crippen LogP contribution in [0.5, 0.6) is 0 Å². The Labute approximate surface area is 275 Å². The largest absolute Gasteiger partial charge is 0.371 e. The van der Waals surface area contributed by atoms with Crippen molar-refractivity contribution in [3.05, 3.63) is 72.8 Å². The van der Waals surface area contributed by atoms with Crippen LogP contribution in [-0.4, -0.2) is 116 Å². The van der Waals surface area contributed by atoms with Gasteiger partial charge in [0.15, 0.2) is 7.14 Å². The van der Waals surface area contributed by atoms with Gasteiger partial charge in [-0.1, -0.05) is 36.4 Å². The van der Waals surface area contributed by atoms with Crippen LogP contribution in [0, 0.1) is 0 Å². The Morgan fingerprint density at radius 1 is 0.426 bits per heavy atom. The van der Waals surface area contributed by atoms with E-state index in [1.165, 1.54) is 0 Å². The second-order valence-electron chi connectivity index (χ2n) is 13.5. The fraction of sp³-hybridized carbons (Fsp3) is 0.500. The zero-order valence-corrected chi connectivity index (χ0v) is 27.4. The average Bonchev–Trinajstić information content (AvgIpc) is 3.89. The number of rotatable bonds is 18. The van der Waals surface area contributed by atoms with Crippen LogP contribution in [0.25, 0.3) is 0 Å². The summed E-state index contributed by atoms with van der Waals surface area (Å²) in [7, 11) is -3.56. The highest BCUT2D eigenvalue weighted by molar-refractivity contribution is 7.86. The summed E-state index contributed by atoms with van der Waals surface area (Å²) in [5, 5.41) is 2.49. The number of anilines is 3. The minimum Gasteiger partial charge on any atom is -0.371 e. The molecule has 10 nitrogen and oxygen atoms in total. The van der Waals surface area contributed by atoms with E-state index in [4.69, 9.17) is 28.4 Å². The lowest BCUT2D eigenvalue weighted by Gasteiger charge is -2.35. The molecule has 6 fully saturated rings. The molecule has 6 atom stereocenters. The molecule has 0 spiro atoms. The normalized spacial score (nSPS) is 29.0. The molecule has 0 aromatic heterocycles. The molecule has 0 saturated carbocycles. The van der Waals surface area contributed by atoms with Crippen molar-refractivity contribution in [1.82, 2.24) is 0 Å². The van der Waals surface area contributed by atoms with Crippen molar-refractivity contribution in [3.63, 3.8) is 0 Å². The summed E-state index contributed by atoms with van der Waals surface area (Å²) in [6.45, 7) is 8.86. The van der Waals surface area contributed by atoms with E-state index in [0.29, 0.717) is 0 Å². The molecule has 6 saturated heterocycles. The van der Waals surface area contributed by atoms with Gasteiger partial charge in [-0.2, -0.15) is 0 Å². The number of hydrogen-bond donors (Lipinski definition) is 0. The molecule has 9 rings (SSSR count). The fourth-order valence-electron chi connectivity index (χ4n) is 6.71. The fourth-order valence-corrected chi connectivity index (χ4v) is 9.99. The number of hydrogen-bond acceptors (Lipinski definition) is 10. The van der Waals surface area contributed by atoms with Crippen molar-refractivity contribution in [2.45, 2.75) is 36.6 Å². The lowest BCUT2D eigenvalue weighted by Crippen LogP contribution is -2.41. The van der Waals surface area contributed by atoms with E-state index in [1.54, 1.807) is 0 Å². The van der Waals surface area contributed by atoms with Crippen LogP contribution in [0.15, 0.2) is 72.8 Å². The van der Waals surface area contributed by atoms with Gasteiger partial charge in [0.2, 0.25) is 0 Å². The van der Waals surface area contributed by atoms with Crippen molar-refractivity contribution in [3.8, 4) is 0 Å². The molecular formula is C36H42N3O7P. The summed E-state index contributed by atoms with van der Waals surface area (Å²) in [6, 6.07) is 24.8. The lowest BCUT2D eigenvalue weighted by atomic mass is 10.2. The molecule has 0 bridgehead atoms. The number of benzene rings is 3. The third kappa shape index (κ3) is 6.97. The van der Waals surface area contributed by atoms with Gasteiger partial charge in [-0.25, -0.2) is 0 Å². The first-order chi connectivity index (χ1) is 23.1. The monoisotopic (exact) mass is 659 g/mol. The maximum Gasteiger partial charge on any atom is 0.177 e. The van der Waals surface area contributed by atoms with Crippen LogP contribution in [0.1, 0.15) is 0 Å². The zero-order valence-electron chi connectivity index (χ0n) is 26.5. The predicted octanol–water partition coefficient (Wildman–Crippen LogP) is 2.14. The summed E-state index contributed by atoms with van der Waals surface area (Å²) in [4.78, 5) is 7.01. The van der Waals surface area contributed by atoms with Crippen molar-refractivity contribution in [1.29, 1.82) is 0 Å². The highest BCUT2D eigenvalue weighted by Gasteiger charge is 2.42. The van der Waals surface area contributed by atoms with Crippen LogP contribution in [0.4, 0.5) is 17.1 Å². The van der Waals surface area contributed by atoms with Crippen molar-refractivity contribution >= 4 is 40.1 Å². The molecule has 248 valence electrons. The highest BCUT2D eigenvalue weighted by atomic mass is 31.2. The summed E-state index contributed by atoms with van der Waals surface area (Å²) >= 11 is 0. The van der Waals surface area contributed by atoms with Crippen molar-refractivity contribution in [2.24, 2.45) is 0 Å². The molecule has 6 aliphatic heterocycles. The summed E-state index contributed by atoms with van der Waals surface area (Å²) in [6.07, 6.45) is 1.01. The topological polar surface area (TPSA) is 102 Å². The van der Waals surface area contributed by atoms with E-state index < -0.39 is 7.14 Å². The zero-order chi connectivity index (χ0) is 31.4. The molecule has 0 radical (unpaired) electrons. The van der Waals surface area contributed by atoms with E-state index in [2.05, 4.69) is 69.3 Å². The lowest BCUT2D eigenvalue weighted by molar-refractivity contribution is 0.389. The molecule has 0 aliphatic carbocycles. The predicted molar refractivity (Wildman–Crippen MR) is 181 cm³/mol. The van der Waals surface area contributed by atoms with Crippen LogP contribution in [-0.2, 0) is 33.0 Å². The standard InChI is InChI=1S/C36H42N3O7P/c40-47(34-10-4-1-7-31(34)37(13-25-19-41-25)14-26-20-42-26,35-11-5-2-8-32(35)38(15-27-21-43-27)16-28-22-44-28)36-12-6-3-9-33(36)39(17-29-23-45-29)18-30-24-46-30/h1-12,25-30H,13-24H2. The summed E-state index contributed by atoms with van der Waals surface area (Å²) < 4.78 is 51.2. The Hall–Kier alpha value is -2.95. The summed E-state index contributed by atoms with van der Waals surface area (Å²) in [5.41, 5.74) is 2.91. The maximum atomic E-state index is 16.9. The van der Waals surface area contributed by atoms with E-state index >= 15 is 4.57 Å². The number of epoxide rings is 6. The maximum absolute atomic E-state index is 16.9. The quantitative estimate of drug-likeness (QED) is 0.149. The first kappa shape index (κ1) is 30.1. The molecule has 0 N–H and O–H groups in total. The molecule has 0 amide bonds. The number of ether oxygens (including phenoxy) is 6. The van der Waals surface area contributed by atoms with Gasteiger partial charge < -0.3 is 47.7 Å². The first-order valence-electron chi connectivity index (χ1n) is 16.9. The Bertz CT molecular complexity index is 1400. The first-order valence-corrected chi connectivity index (χ1v) is 18.7. The molecule has 6 aliphatic rings. The molecule has 3 aromatic carbocycles. The van der Waals surface area contributed by atoms with E-state index in [1.807, 2.05) is 18.2 Å². The van der Waals surface area contributed by atoms with Crippen LogP contribution in [0.2, 0.25) is 0 Å². The average molecular weight is 660 g/mol. The molecule has 11 heteroatoms. The Morgan fingerprint density at radius 3 is 0.851 bits per heavy atom. The third-order valence-corrected chi connectivity index (χ3v) is 12.8. The Morgan fingerprint density at radius 2 is 0.638 bits per heavy atom. The Balaban J connectivity index is 1.22. The SMILES string of the molecule is O=P(c1ccccc1N(CC1CO1)CC1CO1)(c1ccccc1N(CC1CO1)CC1CO1)c1ccccc1N(CC1CO1)CC1CO1. The number of nitrogens with zero attached hydrogens (tertiary/aromatic N) is 3. The molecule has 47 heavy (non-hydrogen) atoms. The van der Waals surface area contributed by atoms with E-state index in [-0.39, 0.29) is 36.6 Å². The van der Waals surface area contributed by atoms with Gasteiger partial charge in [0.05, 0.1) is 76.3 Å². The van der Waals surface area contributed by atoms with E-state index in [9.17, 15) is 0 Å². The van der Waals surface area contributed by atoms with Crippen molar-refractivity contribution < 1.29 is 33.0 Å². The highest BCUT2D eigenvalue weighted by Crippen LogP contribution is 2.50. The second kappa shape index (κ2) is 12.5. The minimum absolute atomic E-state index is 0.168. The van der Waals surface area contributed by atoms with Crippen LogP contribution >= 0.6 is 7.14 Å². The summed E-state index contributed by atoms with van der Waals surface area (Å²) in [5.74, 6) is 0. The van der Waals surface area contributed by atoms with Crippen LogP contribution in [0.3, 0.4) is 0 Å². The Kier molecular flexibility index (Phi) is 8.01. The third-order valence-electron chi connectivity index (χ3n) is 9.64. The van der Waals surface area contributed by atoms with Gasteiger partial charge in [-0.15, -0.1) is 0 Å². The van der Waals surface area contributed by atoms with Gasteiger partial charge in [0, 0.05) is 72.2 Å². The molecule has 6 unspecified atom stereocenters. The minimum atomic E-state index is -3.56. The van der Waals surface area contributed by atoms with Gasteiger partial charge in [0.1, 0.15) is 0 Å². The molecule has 6 heterocycles. The van der Waals surface area contributed by atoms with Gasteiger partial charge >= 0.3 is 0 Å². The number of para-hydroxylation sites is 3. The van der Waals surface area contributed by atoms with Crippen molar-refractivity contribution in [2.75, 3.05) is 93.6 Å². The molecular weight excluding hydrogens is 617 g/mol. The van der Waals surface area contributed by atoms with Gasteiger partial charge in [-0.05, 0) is 36.4 Å². The van der Waals surface area contributed by atoms with Gasteiger partial charge in [-0.3, -0.25) is 0 Å². The smallest absolute Gasteiger partial charge is 0.177 e. The van der Waals surface area contributed by atoms with Crippen LogP contribution < -0.4 is 30.6 Å². The second-order valence-corrected chi connectivity index (χ2v) is 16.2. The van der Waals surface area contributed by atoms with E-state index in [0.717, 1.165) is 112 Å². The molecule has 3 aromatic rings.